The Labute approximate surface area is 72.7 Å². The van der Waals surface area contributed by atoms with Crippen molar-refractivity contribution in [1.82, 2.24) is 4.90 Å². The summed E-state index contributed by atoms with van der Waals surface area (Å²) in [4.78, 5) is 23.8. The van der Waals surface area contributed by atoms with Gasteiger partial charge in [0, 0.05) is 12.6 Å². The van der Waals surface area contributed by atoms with Crippen molar-refractivity contribution in [3.8, 4) is 0 Å². The van der Waals surface area contributed by atoms with E-state index < -0.39 is 0 Å². The van der Waals surface area contributed by atoms with Crippen LogP contribution >= 0.6 is 0 Å². The van der Waals surface area contributed by atoms with Crippen LogP contribution in [0, 0.1) is 0 Å². The van der Waals surface area contributed by atoms with Crippen molar-refractivity contribution in [2.45, 2.75) is 39.2 Å². The van der Waals surface area contributed by atoms with Crippen molar-refractivity contribution in [3.63, 3.8) is 0 Å². The van der Waals surface area contributed by atoms with E-state index in [0.29, 0.717) is 6.04 Å². The van der Waals surface area contributed by atoms with Crippen LogP contribution in [0.1, 0.15) is 33.1 Å². The van der Waals surface area contributed by atoms with Gasteiger partial charge in [-0.25, -0.2) is 0 Å². The van der Waals surface area contributed by atoms with Crippen LogP contribution in [0.4, 0.5) is 0 Å². The van der Waals surface area contributed by atoms with Gasteiger partial charge in [-0.3, -0.25) is 9.59 Å². The van der Waals surface area contributed by atoms with Crippen LogP contribution in [-0.2, 0) is 9.59 Å². The third-order valence-corrected chi connectivity index (χ3v) is 2.05. The first-order chi connectivity index (χ1) is 5.65. The number of carbonyl (C=O) groups is 2. The number of hydrogen-bond donors (Lipinski definition) is 0. The van der Waals surface area contributed by atoms with Gasteiger partial charge in [-0.2, -0.15) is 0 Å². The van der Waals surface area contributed by atoms with Gasteiger partial charge in [0.1, 0.15) is 5.78 Å². The lowest BCUT2D eigenvalue weighted by atomic mass is 10.2. The largest absolute Gasteiger partial charge is 0.340 e. The smallest absolute Gasteiger partial charge is 0.230 e. The molecule has 0 unspecified atom stereocenters. The summed E-state index contributed by atoms with van der Waals surface area (Å²) in [6, 6.07) is 0.432. The average molecular weight is 169 g/mol. The SMILES string of the molecule is CCN(C(=O)CC(C)=O)C1CC1. The minimum atomic E-state index is -0.0425. The molecule has 12 heavy (non-hydrogen) atoms. The van der Waals surface area contributed by atoms with E-state index in [4.69, 9.17) is 0 Å². The molecule has 0 aromatic carbocycles. The highest BCUT2D eigenvalue weighted by molar-refractivity contribution is 5.97. The van der Waals surface area contributed by atoms with Gasteiger partial charge in [-0.1, -0.05) is 0 Å². The summed E-state index contributed by atoms with van der Waals surface area (Å²) in [5, 5.41) is 0. The molecule has 0 spiro atoms. The Morgan fingerprint density at radius 2 is 2.00 bits per heavy atom. The molecule has 0 N–H and O–H groups in total. The summed E-state index contributed by atoms with van der Waals surface area (Å²) in [6.45, 7) is 4.14. The Morgan fingerprint density at radius 1 is 1.42 bits per heavy atom. The van der Waals surface area contributed by atoms with E-state index in [1.165, 1.54) is 6.92 Å². The molecule has 0 saturated heterocycles. The molecule has 0 heterocycles. The maximum Gasteiger partial charge on any atom is 0.230 e. The normalized spacial score (nSPS) is 15.8. The highest BCUT2D eigenvalue weighted by Crippen LogP contribution is 2.26. The van der Waals surface area contributed by atoms with Crippen LogP contribution in [0.5, 0.6) is 0 Å². The van der Waals surface area contributed by atoms with E-state index in [1.54, 1.807) is 4.90 Å². The summed E-state index contributed by atoms with van der Waals surface area (Å²) in [5.74, 6) is -0.0494. The van der Waals surface area contributed by atoms with Crippen LogP contribution in [0.25, 0.3) is 0 Å². The number of Topliss-reactive ketones (excluding diaryl/α,β-unsaturated/α-hetero) is 1. The van der Waals surface area contributed by atoms with Gasteiger partial charge < -0.3 is 4.90 Å². The number of rotatable bonds is 4. The Bertz CT molecular complexity index is 197. The van der Waals surface area contributed by atoms with E-state index in [0.717, 1.165) is 19.4 Å². The molecule has 1 fully saturated rings. The maximum atomic E-state index is 11.4. The molecule has 3 nitrogen and oxygen atoms in total. The first-order valence-electron chi connectivity index (χ1n) is 4.44. The topological polar surface area (TPSA) is 37.4 Å². The number of hydrogen-bond acceptors (Lipinski definition) is 2. The maximum absolute atomic E-state index is 11.4. The lowest BCUT2D eigenvalue weighted by molar-refractivity contribution is -0.135. The van der Waals surface area contributed by atoms with Crippen molar-refractivity contribution in [1.29, 1.82) is 0 Å². The molecule has 1 amide bonds. The van der Waals surface area contributed by atoms with Gasteiger partial charge in [-0.05, 0) is 26.7 Å². The third kappa shape index (κ3) is 2.32. The van der Waals surface area contributed by atoms with Crippen LogP contribution in [0.3, 0.4) is 0 Å². The fourth-order valence-electron chi connectivity index (χ4n) is 1.34. The van der Waals surface area contributed by atoms with Crippen molar-refractivity contribution < 1.29 is 9.59 Å². The fourth-order valence-corrected chi connectivity index (χ4v) is 1.34. The molecule has 1 aliphatic rings. The minimum absolute atomic E-state index is 0.00694. The second-order valence-electron chi connectivity index (χ2n) is 3.29. The number of nitrogens with zero attached hydrogens (tertiary/aromatic N) is 1. The first-order valence-corrected chi connectivity index (χ1v) is 4.44. The standard InChI is InChI=1S/C9H15NO2/c1-3-10(8-4-5-8)9(12)6-7(2)11/h8H,3-6H2,1-2H3. The van der Waals surface area contributed by atoms with E-state index in [-0.39, 0.29) is 18.1 Å². The van der Waals surface area contributed by atoms with E-state index in [1.807, 2.05) is 6.92 Å². The quantitative estimate of drug-likeness (QED) is 0.588. The second kappa shape index (κ2) is 3.70. The van der Waals surface area contributed by atoms with Crippen molar-refractivity contribution in [2.24, 2.45) is 0 Å². The van der Waals surface area contributed by atoms with Crippen molar-refractivity contribution in [2.75, 3.05) is 6.54 Å². The van der Waals surface area contributed by atoms with Gasteiger partial charge in [0.15, 0.2) is 0 Å². The Kier molecular flexibility index (Phi) is 2.84. The van der Waals surface area contributed by atoms with Gasteiger partial charge >= 0.3 is 0 Å². The van der Waals surface area contributed by atoms with Crippen LogP contribution in [0.15, 0.2) is 0 Å². The number of amides is 1. The molecule has 1 rings (SSSR count). The predicted octanol–water partition coefficient (Wildman–Crippen LogP) is 0.976. The molecule has 68 valence electrons. The fraction of sp³-hybridized carbons (Fsp3) is 0.778. The summed E-state index contributed by atoms with van der Waals surface area (Å²) in [5.41, 5.74) is 0. The molecule has 3 heteroatoms. The summed E-state index contributed by atoms with van der Waals surface area (Å²) in [6.07, 6.45) is 2.29. The summed E-state index contributed by atoms with van der Waals surface area (Å²) < 4.78 is 0. The first kappa shape index (κ1) is 9.23. The van der Waals surface area contributed by atoms with Crippen LogP contribution < -0.4 is 0 Å². The molecule has 0 aromatic heterocycles. The lowest BCUT2D eigenvalue weighted by Gasteiger charge is -2.19. The molecule has 0 radical (unpaired) electrons. The Balaban J connectivity index is 2.41. The van der Waals surface area contributed by atoms with Crippen LogP contribution in [0.2, 0.25) is 0 Å². The zero-order chi connectivity index (χ0) is 9.14. The van der Waals surface area contributed by atoms with Gasteiger partial charge in [0.2, 0.25) is 5.91 Å². The van der Waals surface area contributed by atoms with E-state index in [9.17, 15) is 9.59 Å². The van der Waals surface area contributed by atoms with E-state index >= 15 is 0 Å². The van der Waals surface area contributed by atoms with Crippen LogP contribution in [-0.4, -0.2) is 29.2 Å². The summed E-state index contributed by atoms with van der Waals surface area (Å²) >= 11 is 0. The highest BCUT2D eigenvalue weighted by Gasteiger charge is 2.31. The monoisotopic (exact) mass is 169 g/mol. The molecular formula is C9H15NO2. The summed E-state index contributed by atoms with van der Waals surface area (Å²) in [7, 11) is 0. The molecule has 0 aliphatic heterocycles. The van der Waals surface area contributed by atoms with Gasteiger partial charge in [0.05, 0.1) is 6.42 Å². The average Bonchev–Trinajstić information content (AvgIpc) is 2.70. The molecule has 1 saturated carbocycles. The van der Waals surface area contributed by atoms with Crippen molar-refractivity contribution in [3.05, 3.63) is 0 Å². The zero-order valence-corrected chi connectivity index (χ0v) is 7.67. The van der Waals surface area contributed by atoms with Gasteiger partial charge in [0.25, 0.3) is 0 Å². The Morgan fingerprint density at radius 3 is 2.33 bits per heavy atom. The van der Waals surface area contributed by atoms with Crippen molar-refractivity contribution >= 4 is 11.7 Å². The second-order valence-corrected chi connectivity index (χ2v) is 3.29. The zero-order valence-electron chi connectivity index (χ0n) is 7.67. The lowest BCUT2D eigenvalue weighted by Crippen LogP contribution is -2.33. The Hall–Kier alpha value is -0.860. The number of ketones is 1. The molecular weight excluding hydrogens is 154 g/mol. The molecule has 0 bridgehead atoms. The minimum Gasteiger partial charge on any atom is -0.340 e. The van der Waals surface area contributed by atoms with E-state index in [2.05, 4.69) is 0 Å². The molecule has 0 aromatic rings. The van der Waals surface area contributed by atoms with Gasteiger partial charge in [-0.15, -0.1) is 0 Å². The molecule has 1 aliphatic carbocycles. The highest BCUT2D eigenvalue weighted by atomic mass is 16.2. The molecule has 0 atom stereocenters. The number of carbonyl (C=O) groups excluding carboxylic acids is 2. The third-order valence-electron chi connectivity index (χ3n) is 2.05. The predicted molar refractivity (Wildman–Crippen MR) is 45.7 cm³/mol.